The van der Waals surface area contributed by atoms with Crippen LogP contribution in [0, 0.1) is 0 Å². The fraction of sp³-hybridized carbons (Fsp3) is 1.00. The van der Waals surface area contributed by atoms with Crippen molar-refractivity contribution in [2.45, 2.75) is 199 Å². The predicted octanol–water partition coefficient (Wildman–Crippen LogP) is 12.1. The first kappa shape index (κ1) is 39.5. The summed E-state index contributed by atoms with van der Waals surface area (Å²) in [6.45, 7) is 0.169. The Kier molecular flexibility index (Phi) is 33.4. The lowest BCUT2D eigenvalue weighted by molar-refractivity contribution is 0.193. The standard InChI is InChI=1S/C33H69O4PS/c34-38(35,36)37-32-30-28-26-24-22-20-18-16-14-12-10-8-6-4-2-1-3-5-7-9-11-13-15-17-19-21-23-25-27-29-31-33-39/h39H,1-33H2,(H2,34,35,36). The summed E-state index contributed by atoms with van der Waals surface area (Å²) in [5, 5.41) is 0. The lowest BCUT2D eigenvalue weighted by Gasteiger charge is -2.05. The minimum Gasteiger partial charge on any atom is -0.303 e. The van der Waals surface area contributed by atoms with E-state index >= 15 is 0 Å². The first-order valence-corrected chi connectivity index (χ1v) is 19.5. The molecule has 0 bridgehead atoms. The highest BCUT2D eigenvalue weighted by Crippen LogP contribution is 2.35. The van der Waals surface area contributed by atoms with E-state index in [4.69, 9.17) is 9.79 Å². The Balaban J connectivity index is 3.04. The van der Waals surface area contributed by atoms with Crippen molar-refractivity contribution < 1.29 is 18.9 Å². The average molecular weight is 593 g/mol. The minimum absolute atomic E-state index is 0.169. The monoisotopic (exact) mass is 592 g/mol. The van der Waals surface area contributed by atoms with Crippen LogP contribution in [0.5, 0.6) is 0 Å². The van der Waals surface area contributed by atoms with Gasteiger partial charge in [-0.3, -0.25) is 4.52 Å². The van der Waals surface area contributed by atoms with E-state index in [1.807, 2.05) is 0 Å². The van der Waals surface area contributed by atoms with E-state index in [1.165, 1.54) is 180 Å². The Labute approximate surface area is 250 Å². The SMILES string of the molecule is O=P(O)(O)OCCCCCCCCCCCCCCCCCCCCCCCCCCCCCCCCCS. The molecule has 6 heteroatoms. The molecule has 0 heterocycles. The van der Waals surface area contributed by atoms with Crippen LogP contribution in [0.1, 0.15) is 199 Å². The summed E-state index contributed by atoms with van der Waals surface area (Å²) in [5.41, 5.74) is 0. The van der Waals surface area contributed by atoms with Gasteiger partial charge in [-0.05, 0) is 18.6 Å². The average Bonchev–Trinajstić information content (AvgIpc) is 2.90. The van der Waals surface area contributed by atoms with E-state index in [9.17, 15) is 4.57 Å². The van der Waals surface area contributed by atoms with Gasteiger partial charge in [0.1, 0.15) is 0 Å². The minimum atomic E-state index is -4.27. The normalized spacial score (nSPS) is 12.0. The van der Waals surface area contributed by atoms with Crippen LogP contribution in [0.2, 0.25) is 0 Å². The van der Waals surface area contributed by atoms with Gasteiger partial charge in [-0.2, -0.15) is 12.6 Å². The highest BCUT2D eigenvalue weighted by Gasteiger charge is 2.12. The van der Waals surface area contributed by atoms with Gasteiger partial charge in [0, 0.05) is 0 Å². The molecule has 39 heavy (non-hydrogen) atoms. The fourth-order valence-corrected chi connectivity index (χ4v) is 6.11. The molecule has 0 spiro atoms. The Morgan fingerprint density at radius 1 is 0.359 bits per heavy atom. The maximum atomic E-state index is 10.6. The molecule has 0 radical (unpaired) electrons. The molecule has 4 nitrogen and oxygen atoms in total. The lowest BCUT2D eigenvalue weighted by atomic mass is 10.0. The van der Waals surface area contributed by atoms with E-state index in [0.717, 1.165) is 25.0 Å². The summed E-state index contributed by atoms with van der Waals surface area (Å²) in [5.74, 6) is 1.06. The topological polar surface area (TPSA) is 66.8 Å². The molecule has 0 saturated heterocycles. The van der Waals surface area contributed by atoms with Crippen LogP contribution in [-0.4, -0.2) is 22.1 Å². The zero-order chi connectivity index (χ0) is 28.5. The van der Waals surface area contributed by atoms with E-state index in [2.05, 4.69) is 17.2 Å². The van der Waals surface area contributed by atoms with Crippen molar-refractivity contribution in [2.24, 2.45) is 0 Å². The van der Waals surface area contributed by atoms with Crippen molar-refractivity contribution >= 4 is 20.5 Å². The number of phosphoric ester groups is 1. The van der Waals surface area contributed by atoms with Gasteiger partial charge in [-0.1, -0.05) is 186 Å². The molecule has 0 aliphatic rings. The number of hydrogen-bond acceptors (Lipinski definition) is 3. The molecule has 0 amide bonds. The van der Waals surface area contributed by atoms with Gasteiger partial charge in [0.05, 0.1) is 6.61 Å². The Hall–Kier alpha value is 0.460. The van der Waals surface area contributed by atoms with Gasteiger partial charge >= 0.3 is 7.82 Å². The number of hydrogen-bond donors (Lipinski definition) is 3. The molecule has 0 aliphatic heterocycles. The first-order valence-electron chi connectivity index (χ1n) is 17.4. The Bertz CT molecular complexity index is 500. The molecule has 0 rings (SSSR count). The van der Waals surface area contributed by atoms with Crippen molar-refractivity contribution in [3.05, 3.63) is 0 Å². The van der Waals surface area contributed by atoms with Gasteiger partial charge < -0.3 is 9.79 Å². The number of phosphoric acid groups is 1. The van der Waals surface area contributed by atoms with E-state index < -0.39 is 7.82 Å². The maximum absolute atomic E-state index is 10.6. The molecular formula is C33H69O4PS. The molecule has 0 unspecified atom stereocenters. The summed E-state index contributed by atoms with van der Waals surface area (Å²) in [6.07, 6.45) is 42.5. The summed E-state index contributed by atoms with van der Waals surface area (Å²) in [4.78, 5) is 17.2. The summed E-state index contributed by atoms with van der Waals surface area (Å²) in [7, 11) is -4.27. The molecule has 236 valence electrons. The van der Waals surface area contributed by atoms with E-state index in [0.29, 0.717) is 0 Å². The third-order valence-electron chi connectivity index (χ3n) is 8.06. The van der Waals surface area contributed by atoms with Gasteiger partial charge in [-0.25, -0.2) is 4.57 Å². The second-order valence-corrected chi connectivity index (χ2v) is 13.7. The van der Waals surface area contributed by atoms with Gasteiger partial charge in [0.2, 0.25) is 0 Å². The lowest BCUT2D eigenvalue weighted by Crippen LogP contribution is -1.92. The molecular weight excluding hydrogens is 523 g/mol. The first-order chi connectivity index (χ1) is 19.1. The van der Waals surface area contributed by atoms with Gasteiger partial charge in [0.15, 0.2) is 0 Å². The van der Waals surface area contributed by atoms with Crippen molar-refractivity contribution in [3.63, 3.8) is 0 Å². The number of thiol groups is 1. The highest BCUT2D eigenvalue weighted by atomic mass is 32.1. The summed E-state index contributed by atoms with van der Waals surface area (Å²) in [6, 6.07) is 0. The van der Waals surface area contributed by atoms with Crippen LogP contribution in [0.4, 0.5) is 0 Å². The zero-order valence-corrected chi connectivity index (χ0v) is 27.7. The predicted molar refractivity (Wildman–Crippen MR) is 175 cm³/mol. The molecule has 0 fully saturated rings. The molecule has 0 aromatic heterocycles. The summed E-state index contributed by atoms with van der Waals surface area (Å²) >= 11 is 4.28. The van der Waals surface area contributed by atoms with Gasteiger partial charge in [-0.15, -0.1) is 0 Å². The van der Waals surface area contributed by atoms with Crippen molar-refractivity contribution in [1.29, 1.82) is 0 Å². The second kappa shape index (κ2) is 33.0. The third-order valence-corrected chi connectivity index (χ3v) is 8.90. The zero-order valence-electron chi connectivity index (χ0n) is 25.9. The molecule has 0 saturated carbocycles. The molecule has 0 aromatic rings. The Morgan fingerprint density at radius 2 is 0.538 bits per heavy atom. The van der Waals surface area contributed by atoms with E-state index in [1.54, 1.807) is 0 Å². The number of unbranched alkanes of at least 4 members (excludes halogenated alkanes) is 30. The summed E-state index contributed by atoms with van der Waals surface area (Å²) < 4.78 is 15.0. The highest BCUT2D eigenvalue weighted by molar-refractivity contribution is 7.80. The molecule has 0 atom stereocenters. The van der Waals surface area contributed by atoms with Crippen LogP contribution in [0.25, 0.3) is 0 Å². The van der Waals surface area contributed by atoms with Crippen LogP contribution in [-0.2, 0) is 9.09 Å². The Morgan fingerprint density at radius 3 is 0.718 bits per heavy atom. The van der Waals surface area contributed by atoms with Crippen LogP contribution < -0.4 is 0 Å². The fourth-order valence-electron chi connectivity index (χ4n) is 5.52. The molecule has 0 aliphatic carbocycles. The van der Waals surface area contributed by atoms with Crippen molar-refractivity contribution in [3.8, 4) is 0 Å². The smallest absolute Gasteiger partial charge is 0.303 e. The van der Waals surface area contributed by atoms with Crippen LogP contribution >= 0.6 is 20.5 Å². The van der Waals surface area contributed by atoms with Crippen LogP contribution in [0.3, 0.4) is 0 Å². The largest absolute Gasteiger partial charge is 0.469 e. The van der Waals surface area contributed by atoms with Crippen molar-refractivity contribution in [1.82, 2.24) is 0 Å². The van der Waals surface area contributed by atoms with Crippen molar-refractivity contribution in [2.75, 3.05) is 12.4 Å². The quantitative estimate of drug-likeness (QED) is 0.0395. The molecule has 0 aromatic carbocycles. The third kappa shape index (κ3) is 38.5. The van der Waals surface area contributed by atoms with Gasteiger partial charge in [0.25, 0.3) is 0 Å². The molecule has 2 N–H and O–H groups in total. The second-order valence-electron chi connectivity index (χ2n) is 12.0. The maximum Gasteiger partial charge on any atom is 0.469 e. The van der Waals surface area contributed by atoms with Crippen LogP contribution in [0.15, 0.2) is 0 Å². The van der Waals surface area contributed by atoms with E-state index in [-0.39, 0.29) is 6.61 Å². The number of rotatable bonds is 34.